The highest BCUT2D eigenvalue weighted by atomic mass is 79.9. The summed E-state index contributed by atoms with van der Waals surface area (Å²) in [5.74, 6) is 0.737. The molecule has 1 heterocycles. The number of carbonyl (C=O) groups excluding carboxylic acids is 1. The summed E-state index contributed by atoms with van der Waals surface area (Å²) in [5.41, 5.74) is 2.36. The quantitative estimate of drug-likeness (QED) is 0.813. The van der Waals surface area contributed by atoms with E-state index in [1.807, 2.05) is 12.1 Å². The molecule has 0 saturated carbocycles. The van der Waals surface area contributed by atoms with Gasteiger partial charge in [-0.1, -0.05) is 15.9 Å². The second-order valence-corrected chi connectivity index (χ2v) is 5.24. The van der Waals surface area contributed by atoms with Crippen molar-refractivity contribution < 1.29 is 9.53 Å². The van der Waals surface area contributed by atoms with Crippen molar-refractivity contribution in [3.63, 3.8) is 0 Å². The van der Waals surface area contributed by atoms with E-state index in [2.05, 4.69) is 20.9 Å². The van der Waals surface area contributed by atoms with Gasteiger partial charge in [0, 0.05) is 27.5 Å². The third-order valence-corrected chi connectivity index (χ3v) is 3.76. The van der Waals surface area contributed by atoms with E-state index < -0.39 is 0 Å². The molecule has 0 bridgehead atoms. The van der Waals surface area contributed by atoms with E-state index in [0.29, 0.717) is 17.7 Å². The summed E-state index contributed by atoms with van der Waals surface area (Å²) in [5, 5.41) is 0. The molecule has 2 rings (SSSR count). The summed E-state index contributed by atoms with van der Waals surface area (Å²) in [6, 6.07) is 5.37. The van der Waals surface area contributed by atoms with E-state index in [4.69, 9.17) is 4.74 Å². The predicted octanol–water partition coefficient (Wildman–Crippen LogP) is 3.34. The van der Waals surface area contributed by atoms with Crippen molar-refractivity contribution in [1.82, 2.24) is 4.98 Å². The van der Waals surface area contributed by atoms with Crippen LogP contribution in [-0.4, -0.2) is 17.9 Å². The van der Waals surface area contributed by atoms with Crippen LogP contribution in [0, 0.1) is 0 Å². The number of benzene rings is 1. The summed E-state index contributed by atoms with van der Waals surface area (Å²) >= 11 is 4.86. The molecule has 0 saturated heterocycles. The van der Waals surface area contributed by atoms with E-state index in [1.54, 1.807) is 24.9 Å². The minimum atomic E-state index is 0.0556. The maximum atomic E-state index is 12.1. The van der Waals surface area contributed by atoms with Gasteiger partial charge in [0.2, 0.25) is 0 Å². The lowest BCUT2D eigenvalue weighted by Gasteiger charge is -2.05. The second-order valence-electron chi connectivity index (χ2n) is 3.41. The molecule has 0 aliphatic carbocycles. The maximum absolute atomic E-state index is 12.1. The molecule has 0 aliphatic heterocycles. The van der Waals surface area contributed by atoms with E-state index >= 15 is 0 Å². The molecular formula is C12H10BrNO2S. The molecule has 88 valence electrons. The molecule has 0 amide bonds. The van der Waals surface area contributed by atoms with Crippen LogP contribution in [0.5, 0.6) is 5.75 Å². The van der Waals surface area contributed by atoms with Crippen LogP contribution in [-0.2, 0) is 6.42 Å². The summed E-state index contributed by atoms with van der Waals surface area (Å²) in [6.07, 6.45) is 2.09. The van der Waals surface area contributed by atoms with Crippen LogP contribution in [0.3, 0.4) is 0 Å². The van der Waals surface area contributed by atoms with Gasteiger partial charge in [0.15, 0.2) is 5.78 Å². The lowest BCUT2D eigenvalue weighted by Crippen LogP contribution is -2.03. The number of ether oxygens (including phenoxy) is 1. The SMILES string of the molecule is COc1ccc(Br)c(C(=O)Cc2cncs2)c1. The first kappa shape index (κ1) is 12.3. The number of ketones is 1. The first-order chi connectivity index (χ1) is 8.20. The Labute approximate surface area is 112 Å². The lowest BCUT2D eigenvalue weighted by molar-refractivity contribution is 0.0992. The summed E-state index contributed by atoms with van der Waals surface area (Å²) in [7, 11) is 1.58. The van der Waals surface area contributed by atoms with Gasteiger partial charge in [-0.2, -0.15) is 0 Å². The molecule has 1 aromatic carbocycles. The Bertz CT molecular complexity index is 525. The van der Waals surface area contributed by atoms with Gasteiger partial charge in [0.25, 0.3) is 0 Å². The average Bonchev–Trinajstić information content (AvgIpc) is 2.82. The van der Waals surface area contributed by atoms with Crippen molar-refractivity contribution in [2.24, 2.45) is 0 Å². The number of hydrogen-bond acceptors (Lipinski definition) is 4. The number of carbonyl (C=O) groups is 1. The third kappa shape index (κ3) is 2.92. The van der Waals surface area contributed by atoms with Gasteiger partial charge in [0.05, 0.1) is 12.6 Å². The summed E-state index contributed by atoms with van der Waals surface area (Å²) in [4.78, 5) is 17.0. The zero-order valence-electron chi connectivity index (χ0n) is 9.14. The molecule has 0 atom stereocenters. The summed E-state index contributed by atoms with van der Waals surface area (Å²) in [6.45, 7) is 0. The van der Waals surface area contributed by atoms with E-state index in [1.165, 1.54) is 11.3 Å². The number of nitrogens with zero attached hydrogens (tertiary/aromatic N) is 1. The van der Waals surface area contributed by atoms with Crippen molar-refractivity contribution >= 4 is 33.0 Å². The molecule has 0 aliphatic rings. The molecule has 1 aromatic heterocycles. The largest absolute Gasteiger partial charge is 0.497 e. The Hall–Kier alpha value is -1.20. The van der Waals surface area contributed by atoms with Gasteiger partial charge in [-0.25, -0.2) is 0 Å². The van der Waals surface area contributed by atoms with Gasteiger partial charge in [0.1, 0.15) is 5.75 Å². The van der Waals surface area contributed by atoms with Crippen LogP contribution >= 0.6 is 27.3 Å². The molecule has 17 heavy (non-hydrogen) atoms. The van der Waals surface area contributed by atoms with Crippen LogP contribution < -0.4 is 4.74 Å². The number of hydrogen-bond donors (Lipinski definition) is 0. The fourth-order valence-electron chi connectivity index (χ4n) is 1.43. The second kappa shape index (κ2) is 5.42. The molecule has 0 fully saturated rings. The Morgan fingerprint density at radius 3 is 3.00 bits per heavy atom. The number of methoxy groups -OCH3 is 1. The standard InChI is InChI=1S/C12H10BrNO2S/c1-16-8-2-3-11(13)10(4-8)12(15)5-9-6-14-7-17-9/h2-4,6-7H,5H2,1H3. The van der Waals surface area contributed by atoms with Crippen LogP contribution in [0.15, 0.2) is 34.4 Å². The monoisotopic (exact) mass is 311 g/mol. The highest BCUT2D eigenvalue weighted by Gasteiger charge is 2.12. The Balaban J connectivity index is 2.24. The van der Waals surface area contributed by atoms with Crippen molar-refractivity contribution in [2.75, 3.05) is 7.11 Å². The zero-order chi connectivity index (χ0) is 12.3. The zero-order valence-corrected chi connectivity index (χ0v) is 11.5. The highest BCUT2D eigenvalue weighted by molar-refractivity contribution is 9.10. The minimum Gasteiger partial charge on any atom is -0.497 e. The summed E-state index contributed by atoms with van der Waals surface area (Å²) < 4.78 is 5.90. The fourth-order valence-corrected chi connectivity index (χ4v) is 2.49. The van der Waals surface area contributed by atoms with Crippen LogP contribution in [0.2, 0.25) is 0 Å². The number of Topliss-reactive ketones (excluding diaryl/α,β-unsaturated/α-hetero) is 1. The normalized spacial score (nSPS) is 10.2. The van der Waals surface area contributed by atoms with Crippen molar-refractivity contribution in [3.8, 4) is 5.75 Å². The van der Waals surface area contributed by atoms with Crippen molar-refractivity contribution in [1.29, 1.82) is 0 Å². The molecular weight excluding hydrogens is 302 g/mol. The average molecular weight is 312 g/mol. The lowest BCUT2D eigenvalue weighted by atomic mass is 10.1. The molecule has 5 heteroatoms. The third-order valence-electron chi connectivity index (χ3n) is 2.29. The van der Waals surface area contributed by atoms with Crippen LogP contribution in [0.1, 0.15) is 15.2 Å². The minimum absolute atomic E-state index is 0.0556. The smallest absolute Gasteiger partial charge is 0.169 e. The fraction of sp³-hybridized carbons (Fsp3) is 0.167. The molecule has 0 spiro atoms. The molecule has 0 unspecified atom stereocenters. The van der Waals surface area contributed by atoms with E-state index in [9.17, 15) is 4.79 Å². The topological polar surface area (TPSA) is 39.2 Å². The number of aromatic nitrogens is 1. The van der Waals surface area contributed by atoms with Crippen molar-refractivity contribution in [3.05, 3.63) is 44.8 Å². The van der Waals surface area contributed by atoms with E-state index in [-0.39, 0.29) is 5.78 Å². The van der Waals surface area contributed by atoms with Gasteiger partial charge >= 0.3 is 0 Å². The number of halogens is 1. The van der Waals surface area contributed by atoms with Gasteiger partial charge < -0.3 is 4.74 Å². The molecule has 0 N–H and O–H groups in total. The van der Waals surface area contributed by atoms with Gasteiger partial charge in [-0.15, -0.1) is 11.3 Å². The number of thiazole rings is 1. The van der Waals surface area contributed by atoms with Crippen LogP contribution in [0.25, 0.3) is 0 Å². The highest BCUT2D eigenvalue weighted by Crippen LogP contribution is 2.24. The molecule has 2 aromatic rings. The first-order valence-corrected chi connectivity index (χ1v) is 6.62. The number of rotatable bonds is 4. The Morgan fingerprint density at radius 1 is 1.53 bits per heavy atom. The maximum Gasteiger partial charge on any atom is 0.169 e. The first-order valence-electron chi connectivity index (χ1n) is 4.95. The Morgan fingerprint density at radius 2 is 2.35 bits per heavy atom. The van der Waals surface area contributed by atoms with Gasteiger partial charge in [-0.3, -0.25) is 9.78 Å². The predicted molar refractivity (Wildman–Crippen MR) is 70.8 cm³/mol. The molecule has 3 nitrogen and oxygen atoms in total. The Kier molecular flexibility index (Phi) is 3.91. The van der Waals surface area contributed by atoms with Gasteiger partial charge in [-0.05, 0) is 18.2 Å². The van der Waals surface area contributed by atoms with Crippen molar-refractivity contribution in [2.45, 2.75) is 6.42 Å². The molecule has 0 radical (unpaired) electrons. The van der Waals surface area contributed by atoms with Crippen LogP contribution in [0.4, 0.5) is 0 Å². The van der Waals surface area contributed by atoms with E-state index in [0.717, 1.165) is 9.35 Å².